The van der Waals surface area contributed by atoms with Crippen LogP contribution < -0.4 is 0 Å². The van der Waals surface area contributed by atoms with E-state index in [4.69, 9.17) is 5.53 Å². The molecule has 0 heterocycles. The van der Waals surface area contributed by atoms with Crippen LogP contribution in [0.3, 0.4) is 0 Å². The van der Waals surface area contributed by atoms with Crippen LogP contribution in [-0.2, 0) is 0 Å². The maximum Gasteiger partial charge on any atom is 0.0620 e. The van der Waals surface area contributed by atoms with E-state index in [1.54, 1.807) is 12.2 Å². The smallest absolute Gasteiger partial charge is 0.0620 e. The fourth-order valence-electron chi connectivity index (χ4n) is 0.370. The van der Waals surface area contributed by atoms with Gasteiger partial charge in [-0.2, -0.15) is 5.11 Å². The van der Waals surface area contributed by atoms with Gasteiger partial charge in [0.25, 0.3) is 0 Å². The Kier molecular flexibility index (Phi) is 3.76. The summed E-state index contributed by atoms with van der Waals surface area (Å²) in [5, 5.41) is 3.24. The lowest BCUT2D eigenvalue weighted by Gasteiger charge is -1.86. The van der Waals surface area contributed by atoms with Crippen LogP contribution in [0, 0.1) is 5.53 Å². The minimum atomic E-state index is 0.764. The molecule has 0 rings (SSSR count). The number of nitrogens with zero attached hydrogens (tertiary/aromatic N) is 1. The molecule has 0 saturated carbocycles. The first-order valence-electron chi connectivity index (χ1n) is 2.54. The zero-order valence-electron chi connectivity index (χ0n) is 5.02. The third kappa shape index (κ3) is 2.29. The average Bonchev–Trinajstić information content (AvgIpc) is 1.83. The summed E-state index contributed by atoms with van der Waals surface area (Å²) in [4.78, 5) is 0. The van der Waals surface area contributed by atoms with Crippen LogP contribution >= 0.6 is 0 Å². The largest absolute Gasteiger partial charge is 0.205 e. The molecule has 0 aromatic carbocycles. The monoisotopic (exact) mass is 110 g/mol. The molecule has 0 atom stereocenters. The molecule has 0 aromatic rings. The Bertz CT molecular complexity index is 114. The Hall–Kier alpha value is -0.920. The van der Waals surface area contributed by atoms with Crippen LogP contribution in [0.5, 0.6) is 0 Å². The Balaban J connectivity index is 3.84. The Morgan fingerprint density at radius 3 is 2.62 bits per heavy atom. The Morgan fingerprint density at radius 1 is 1.88 bits per heavy atom. The first kappa shape index (κ1) is 7.08. The standard InChI is InChI=1S/C6H10N2/c1-3-5-6(4-2)8-7/h3,5,7H,1,4H2,2H3/b6-5+,8-7?. The Labute approximate surface area is 49.4 Å². The minimum Gasteiger partial charge on any atom is -0.205 e. The third-order valence-corrected chi connectivity index (χ3v) is 0.816. The second-order valence-corrected chi connectivity index (χ2v) is 1.36. The highest BCUT2D eigenvalue weighted by Crippen LogP contribution is 1.99. The van der Waals surface area contributed by atoms with E-state index < -0.39 is 0 Å². The van der Waals surface area contributed by atoms with Crippen LogP contribution in [-0.4, -0.2) is 0 Å². The maximum atomic E-state index is 6.57. The van der Waals surface area contributed by atoms with Gasteiger partial charge in [-0.05, 0) is 12.5 Å². The first-order valence-corrected chi connectivity index (χ1v) is 2.54. The fraction of sp³-hybridized carbons (Fsp3) is 0.333. The van der Waals surface area contributed by atoms with E-state index in [1.807, 2.05) is 6.92 Å². The van der Waals surface area contributed by atoms with Gasteiger partial charge in [0.05, 0.1) is 5.70 Å². The predicted octanol–water partition coefficient (Wildman–Crippen LogP) is 2.50. The van der Waals surface area contributed by atoms with Crippen molar-refractivity contribution in [1.29, 1.82) is 5.53 Å². The van der Waals surface area contributed by atoms with Crippen molar-refractivity contribution in [3.8, 4) is 0 Å². The zero-order valence-corrected chi connectivity index (χ0v) is 5.02. The number of allylic oxidation sites excluding steroid dienone is 3. The van der Waals surface area contributed by atoms with Crippen molar-refractivity contribution in [2.75, 3.05) is 0 Å². The van der Waals surface area contributed by atoms with Crippen molar-refractivity contribution in [3.63, 3.8) is 0 Å². The van der Waals surface area contributed by atoms with E-state index in [-0.39, 0.29) is 0 Å². The Morgan fingerprint density at radius 2 is 2.50 bits per heavy atom. The average molecular weight is 110 g/mol. The molecule has 44 valence electrons. The van der Waals surface area contributed by atoms with Crippen molar-refractivity contribution in [1.82, 2.24) is 0 Å². The van der Waals surface area contributed by atoms with Gasteiger partial charge in [-0.25, -0.2) is 5.53 Å². The first-order chi connectivity index (χ1) is 3.85. The summed E-state index contributed by atoms with van der Waals surface area (Å²) in [7, 11) is 0. The summed E-state index contributed by atoms with van der Waals surface area (Å²) in [5.41, 5.74) is 7.34. The van der Waals surface area contributed by atoms with Crippen molar-refractivity contribution >= 4 is 0 Å². The molecule has 0 unspecified atom stereocenters. The van der Waals surface area contributed by atoms with Crippen molar-refractivity contribution in [3.05, 3.63) is 24.4 Å². The summed E-state index contributed by atoms with van der Waals surface area (Å²) < 4.78 is 0. The second kappa shape index (κ2) is 4.24. The molecule has 0 aliphatic carbocycles. The van der Waals surface area contributed by atoms with E-state index in [2.05, 4.69) is 11.7 Å². The van der Waals surface area contributed by atoms with Crippen LogP contribution in [0.2, 0.25) is 0 Å². The maximum absolute atomic E-state index is 6.57. The number of hydrogen-bond acceptors (Lipinski definition) is 2. The van der Waals surface area contributed by atoms with Crippen molar-refractivity contribution < 1.29 is 0 Å². The molecule has 0 aliphatic heterocycles. The molecule has 2 heteroatoms. The van der Waals surface area contributed by atoms with E-state index in [9.17, 15) is 0 Å². The highest BCUT2D eigenvalue weighted by atomic mass is 15.0. The summed E-state index contributed by atoms with van der Waals surface area (Å²) in [6.07, 6.45) is 4.17. The van der Waals surface area contributed by atoms with Gasteiger partial charge in [-0.15, -0.1) is 0 Å². The van der Waals surface area contributed by atoms with E-state index in [1.165, 1.54) is 0 Å². The minimum absolute atomic E-state index is 0.764. The third-order valence-electron chi connectivity index (χ3n) is 0.816. The lowest BCUT2D eigenvalue weighted by atomic mass is 10.3. The normalized spacial score (nSPS) is 10.9. The van der Waals surface area contributed by atoms with Crippen LogP contribution in [0.25, 0.3) is 0 Å². The molecule has 0 spiro atoms. The lowest BCUT2D eigenvalue weighted by Crippen LogP contribution is -1.68. The predicted molar refractivity (Wildman–Crippen MR) is 33.7 cm³/mol. The topological polar surface area (TPSA) is 36.2 Å². The highest BCUT2D eigenvalue weighted by Gasteiger charge is 1.82. The van der Waals surface area contributed by atoms with Gasteiger partial charge in [0.2, 0.25) is 0 Å². The summed E-state index contributed by atoms with van der Waals surface area (Å²) in [6.45, 7) is 5.43. The van der Waals surface area contributed by atoms with Gasteiger partial charge in [0.15, 0.2) is 0 Å². The molecule has 0 saturated heterocycles. The second-order valence-electron chi connectivity index (χ2n) is 1.36. The lowest BCUT2D eigenvalue weighted by molar-refractivity contribution is 0.963. The van der Waals surface area contributed by atoms with Crippen LogP contribution in [0.15, 0.2) is 29.5 Å². The molecule has 0 aliphatic rings. The highest BCUT2D eigenvalue weighted by molar-refractivity contribution is 5.06. The van der Waals surface area contributed by atoms with Crippen molar-refractivity contribution in [2.45, 2.75) is 13.3 Å². The fourth-order valence-corrected chi connectivity index (χ4v) is 0.370. The summed E-state index contributed by atoms with van der Waals surface area (Å²) in [6, 6.07) is 0. The van der Waals surface area contributed by atoms with E-state index in [0.717, 1.165) is 12.1 Å². The van der Waals surface area contributed by atoms with Crippen LogP contribution in [0.1, 0.15) is 13.3 Å². The molecule has 2 nitrogen and oxygen atoms in total. The van der Waals surface area contributed by atoms with Gasteiger partial charge in [-0.1, -0.05) is 19.6 Å². The summed E-state index contributed by atoms with van der Waals surface area (Å²) in [5.74, 6) is 0. The number of rotatable bonds is 3. The molecule has 0 amide bonds. The van der Waals surface area contributed by atoms with E-state index in [0.29, 0.717) is 0 Å². The van der Waals surface area contributed by atoms with Gasteiger partial charge in [-0.3, -0.25) is 0 Å². The van der Waals surface area contributed by atoms with Gasteiger partial charge in [0, 0.05) is 0 Å². The molecule has 8 heavy (non-hydrogen) atoms. The number of hydrogen-bond donors (Lipinski definition) is 1. The molecule has 0 bridgehead atoms. The molecular formula is C6H10N2. The van der Waals surface area contributed by atoms with E-state index >= 15 is 0 Å². The molecule has 0 aromatic heterocycles. The van der Waals surface area contributed by atoms with Gasteiger partial charge < -0.3 is 0 Å². The zero-order chi connectivity index (χ0) is 6.41. The molecule has 0 fully saturated rings. The number of nitrogens with one attached hydrogen (secondary N) is 1. The van der Waals surface area contributed by atoms with Gasteiger partial charge >= 0.3 is 0 Å². The van der Waals surface area contributed by atoms with Crippen LogP contribution in [0.4, 0.5) is 0 Å². The molecule has 1 N–H and O–H groups in total. The van der Waals surface area contributed by atoms with Crippen molar-refractivity contribution in [2.24, 2.45) is 5.11 Å². The SMILES string of the molecule is C=C/C=C(\CC)N=N. The molecule has 0 radical (unpaired) electrons. The summed E-state index contributed by atoms with van der Waals surface area (Å²) >= 11 is 0. The molecular weight excluding hydrogens is 100 g/mol. The quantitative estimate of drug-likeness (QED) is 0.428. The van der Waals surface area contributed by atoms with Gasteiger partial charge in [0.1, 0.15) is 0 Å².